The number of halogens is 2. The molecule has 0 bridgehead atoms. The number of rotatable bonds is 3. The molecule has 0 saturated carbocycles. The van der Waals surface area contributed by atoms with Crippen molar-refractivity contribution in [3.8, 4) is 0 Å². The van der Waals surface area contributed by atoms with Gasteiger partial charge in [-0.1, -0.05) is 34.5 Å². The molecule has 11 heteroatoms. The summed E-state index contributed by atoms with van der Waals surface area (Å²) in [6, 6.07) is 4.37. The van der Waals surface area contributed by atoms with Crippen molar-refractivity contribution < 1.29 is 8.42 Å². The average Bonchev–Trinajstić information content (AvgIpc) is 3.14. The first-order valence-electron chi connectivity index (χ1n) is 7.87. The van der Waals surface area contributed by atoms with Gasteiger partial charge < -0.3 is 4.90 Å². The summed E-state index contributed by atoms with van der Waals surface area (Å²) in [7, 11) is -3.60. The molecule has 0 N–H and O–H groups in total. The fraction of sp³-hybridized carbons (Fsp3) is 0.333. The average molecular weight is 432 g/mol. The molecule has 0 aliphatic carbocycles. The van der Waals surface area contributed by atoms with Crippen LogP contribution in [0.25, 0.3) is 4.96 Å². The molecule has 7 nitrogen and oxygen atoms in total. The molecule has 0 radical (unpaired) electrons. The lowest BCUT2D eigenvalue weighted by Crippen LogP contribution is -2.48. The van der Waals surface area contributed by atoms with Gasteiger partial charge in [-0.3, -0.25) is 0 Å². The highest BCUT2D eigenvalue weighted by Gasteiger charge is 2.30. The number of fused-ring (bicyclic) bond motifs is 1. The number of anilines is 1. The van der Waals surface area contributed by atoms with E-state index in [1.54, 1.807) is 4.52 Å². The second-order valence-corrected chi connectivity index (χ2v) is 9.65. The van der Waals surface area contributed by atoms with Crippen molar-refractivity contribution in [3.05, 3.63) is 40.1 Å². The van der Waals surface area contributed by atoms with Crippen LogP contribution in [0.15, 0.2) is 29.3 Å². The number of sulfonamides is 1. The van der Waals surface area contributed by atoms with Crippen molar-refractivity contribution in [2.24, 2.45) is 0 Å². The standard InChI is InChI=1S/C15H15Cl2N5O2S2/c1-10-9-22-14(18-10)25-15(19-22)20-4-6-21(7-5-20)26(23,24)11-2-3-12(16)13(17)8-11/h2-3,8-9H,4-7H2,1H3. The molecular formula is C15H15Cl2N5O2S2. The van der Waals surface area contributed by atoms with Crippen molar-refractivity contribution in [3.63, 3.8) is 0 Å². The Balaban J connectivity index is 1.50. The van der Waals surface area contributed by atoms with E-state index in [4.69, 9.17) is 23.2 Å². The van der Waals surface area contributed by atoms with Crippen LogP contribution in [-0.2, 0) is 10.0 Å². The SMILES string of the molecule is Cc1cn2nc(N3CCN(S(=O)(=O)c4ccc(Cl)c(Cl)c4)CC3)sc2n1. The van der Waals surface area contributed by atoms with Gasteiger partial charge in [-0.2, -0.15) is 4.31 Å². The van der Waals surface area contributed by atoms with E-state index < -0.39 is 10.0 Å². The topological polar surface area (TPSA) is 70.8 Å². The fourth-order valence-electron chi connectivity index (χ4n) is 2.83. The van der Waals surface area contributed by atoms with E-state index in [9.17, 15) is 8.42 Å². The molecule has 26 heavy (non-hydrogen) atoms. The summed E-state index contributed by atoms with van der Waals surface area (Å²) in [5.74, 6) is 0. The minimum atomic E-state index is -3.60. The first-order chi connectivity index (χ1) is 12.3. The van der Waals surface area contributed by atoms with E-state index in [2.05, 4.69) is 15.0 Å². The number of nitrogens with zero attached hydrogens (tertiary/aromatic N) is 5. The molecule has 1 aromatic carbocycles. The minimum Gasteiger partial charge on any atom is -0.344 e. The molecule has 1 aliphatic rings. The van der Waals surface area contributed by atoms with Gasteiger partial charge in [0.15, 0.2) is 0 Å². The minimum absolute atomic E-state index is 0.156. The Morgan fingerprint density at radius 1 is 1.12 bits per heavy atom. The third kappa shape index (κ3) is 3.18. The fourth-order valence-corrected chi connectivity index (χ4v) is 5.62. The lowest BCUT2D eigenvalue weighted by Gasteiger charge is -2.33. The lowest BCUT2D eigenvalue weighted by molar-refractivity contribution is 0.384. The van der Waals surface area contributed by atoms with Gasteiger partial charge in [0.1, 0.15) is 0 Å². The van der Waals surface area contributed by atoms with E-state index >= 15 is 0 Å². The highest BCUT2D eigenvalue weighted by atomic mass is 35.5. The van der Waals surface area contributed by atoms with Crippen LogP contribution in [0.5, 0.6) is 0 Å². The van der Waals surface area contributed by atoms with Crippen LogP contribution in [0, 0.1) is 6.92 Å². The Bertz CT molecular complexity index is 1040. The highest BCUT2D eigenvalue weighted by Crippen LogP contribution is 2.28. The molecule has 0 spiro atoms. The molecule has 0 amide bonds. The first kappa shape index (κ1) is 18.0. The quantitative estimate of drug-likeness (QED) is 0.637. The van der Waals surface area contributed by atoms with E-state index in [1.807, 2.05) is 13.1 Å². The first-order valence-corrected chi connectivity index (χ1v) is 10.9. The van der Waals surface area contributed by atoms with Crippen molar-refractivity contribution in [1.29, 1.82) is 0 Å². The highest BCUT2D eigenvalue weighted by molar-refractivity contribution is 7.89. The molecule has 3 heterocycles. The Morgan fingerprint density at radius 2 is 1.85 bits per heavy atom. The Morgan fingerprint density at radius 3 is 2.50 bits per heavy atom. The van der Waals surface area contributed by atoms with Crippen LogP contribution in [0.3, 0.4) is 0 Å². The van der Waals surface area contributed by atoms with Crippen molar-refractivity contribution >= 4 is 54.7 Å². The number of imidazole rings is 1. The second-order valence-electron chi connectivity index (χ2n) is 5.96. The molecular weight excluding hydrogens is 417 g/mol. The van der Waals surface area contributed by atoms with Gasteiger partial charge in [0, 0.05) is 26.2 Å². The molecule has 138 valence electrons. The predicted molar refractivity (Wildman–Crippen MR) is 103 cm³/mol. The molecule has 0 atom stereocenters. The number of piperazine rings is 1. The summed E-state index contributed by atoms with van der Waals surface area (Å²) in [5.41, 5.74) is 0.924. The zero-order valence-corrected chi connectivity index (χ0v) is 16.9. The summed E-state index contributed by atoms with van der Waals surface area (Å²) >= 11 is 13.3. The van der Waals surface area contributed by atoms with E-state index in [-0.39, 0.29) is 9.92 Å². The van der Waals surface area contributed by atoms with Gasteiger partial charge in [-0.15, -0.1) is 5.10 Å². The monoisotopic (exact) mass is 431 g/mol. The van der Waals surface area contributed by atoms with Gasteiger partial charge in [0.25, 0.3) is 0 Å². The zero-order valence-electron chi connectivity index (χ0n) is 13.8. The van der Waals surface area contributed by atoms with Crippen molar-refractivity contribution in [1.82, 2.24) is 18.9 Å². The van der Waals surface area contributed by atoms with Gasteiger partial charge in [0.05, 0.1) is 26.8 Å². The number of aryl methyl sites for hydroxylation is 1. The Kier molecular flexibility index (Phi) is 4.60. The van der Waals surface area contributed by atoms with Gasteiger partial charge >= 0.3 is 0 Å². The molecule has 1 saturated heterocycles. The van der Waals surface area contributed by atoms with Gasteiger partial charge in [-0.05, 0) is 25.1 Å². The maximum atomic E-state index is 12.8. The lowest BCUT2D eigenvalue weighted by atomic mass is 10.4. The normalized spacial score (nSPS) is 16.5. The maximum Gasteiger partial charge on any atom is 0.243 e. The number of hydrogen-bond donors (Lipinski definition) is 0. The number of aromatic nitrogens is 3. The van der Waals surface area contributed by atoms with E-state index in [0.29, 0.717) is 31.2 Å². The molecule has 2 aromatic heterocycles. The van der Waals surface area contributed by atoms with Gasteiger partial charge in [-0.25, -0.2) is 17.9 Å². The second kappa shape index (κ2) is 6.65. The summed E-state index contributed by atoms with van der Waals surface area (Å²) in [6.07, 6.45) is 1.88. The molecule has 1 fully saturated rings. The zero-order chi connectivity index (χ0) is 18.5. The number of benzene rings is 1. The smallest absolute Gasteiger partial charge is 0.243 e. The molecule has 4 rings (SSSR count). The van der Waals surface area contributed by atoms with Crippen LogP contribution >= 0.6 is 34.5 Å². The third-order valence-electron chi connectivity index (χ3n) is 4.19. The number of hydrogen-bond acceptors (Lipinski definition) is 6. The van der Waals surface area contributed by atoms with Crippen molar-refractivity contribution in [2.75, 3.05) is 31.1 Å². The summed E-state index contributed by atoms with van der Waals surface area (Å²) in [6.45, 7) is 3.81. The maximum absolute atomic E-state index is 12.8. The molecule has 0 unspecified atom stereocenters. The summed E-state index contributed by atoms with van der Waals surface area (Å²) < 4.78 is 28.8. The van der Waals surface area contributed by atoms with Crippen LogP contribution in [0.2, 0.25) is 10.0 Å². The van der Waals surface area contributed by atoms with Gasteiger partial charge in [0.2, 0.25) is 20.1 Å². The van der Waals surface area contributed by atoms with Crippen molar-refractivity contribution in [2.45, 2.75) is 11.8 Å². The predicted octanol–water partition coefficient (Wildman–Crippen LogP) is 2.92. The molecule has 1 aliphatic heterocycles. The largest absolute Gasteiger partial charge is 0.344 e. The summed E-state index contributed by atoms with van der Waals surface area (Å²) in [5, 5.41) is 5.93. The van der Waals surface area contributed by atoms with Crippen LogP contribution < -0.4 is 4.90 Å². The third-order valence-corrected chi connectivity index (χ3v) is 7.81. The Labute approximate surface area is 164 Å². The molecule has 3 aromatic rings. The van der Waals surface area contributed by atoms with E-state index in [0.717, 1.165) is 15.8 Å². The van der Waals surface area contributed by atoms with Crippen LogP contribution in [-0.4, -0.2) is 53.5 Å². The van der Waals surface area contributed by atoms with Crippen LogP contribution in [0.4, 0.5) is 5.13 Å². The summed E-state index contributed by atoms with van der Waals surface area (Å²) in [4.78, 5) is 7.47. The Hall–Kier alpha value is -1.39. The van der Waals surface area contributed by atoms with E-state index in [1.165, 1.54) is 33.8 Å². The van der Waals surface area contributed by atoms with Crippen LogP contribution in [0.1, 0.15) is 5.69 Å².